The van der Waals surface area contributed by atoms with E-state index in [1.807, 2.05) is 6.92 Å². The van der Waals surface area contributed by atoms with Crippen molar-refractivity contribution in [2.75, 3.05) is 11.9 Å². The molecule has 22 heavy (non-hydrogen) atoms. The number of nitrogens with one attached hydrogen (secondary N) is 1. The summed E-state index contributed by atoms with van der Waals surface area (Å²) in [6, 6.07) is 9.20. The van der Waals surface area contributed by atoms with Crippen LogP contribution in [0.4, 0.5) is 11.6 Å². The lowest BCUT2D eigenvalue weighted by atomic mass is 10.0. The van der Waals surface area contributed by atoms with Gasteiger partial charge in [0, 0.05) is 18.2 Å². The van der Waals surface area contributed by atoms with E-state index in [1.165, 1.54) is 19.6 Å². The monoisotopic (exact) mass is 297 g/mol. The van der Waals surface area contributed by atoms with Gasteiger partial charge in [-0.2, -0.15) is 10.3 Å². The zero-order valence-corrected chi connectivity index (χ0v) is 12.3. The van der Waals surface area contributed by atoms with Crippen molar-refractivity contribution in [3.63, 3.8) is 0 Å². The van der Waals surface area contributed by atoms with Gasteiger partial charge in [0.25, 0.3) is 0 Å². The normalized spacial score (nSPS) is 10.4. The second-order valence-electron chi connectivity index (χ2n) is 4.39. The molecule has 6 nitrogen and oxygen atoms in total. The van der Waals surface area contributed by atoms with Crippen molar-refractivity contribution < 1.29 is 13.9 Å². The number of anilines is 1. The van der Waals surface area contributed by atoms with E-state index in [2.05, 4.69) is 16.4 Å². The first-order valence-electron chi connectivity index (χ1n) is 6.69. The smallest absolute Gasteiger partial charge is 0.240 e. The molecule has 0 aliphatic carbocycles. The van der Waals surface area contributed by atoms with Crippen molar-refractivity contribution in [1.29, 1.82) is 5.26 Å². The quantitative estimate of drug-likeness (QED) is 0.676. The Morgan fingerprint density at radius 3 is 2.77 bits per heavy atom. The zero-order chi connectivity index (χ0) is 15.9. The second kappa shape index (κ2) is 7.09. The first kappa shape index (κ1) is 15.3. The van der Waals surface area contributed by atoms with Gasteiger partial charge in [-0.05, 0) is 24.6 Å². The Balaban J connectivity index is 2.29. The number of ether oxygens (including phenoxy) is 1. The van der Waals surface area contributed by atoms with Gasteiger partial charge in [-0.1, -0.05) is 12.1 Å². The third-order valence-corrected chi connectivity index (χ3v) is 2.81. The van der Waals surface area contributed by atoms with Gasteiger partial charge in [-0.3, -0.25) is 4.79 Å². The lowest BCUT2D eigenvalue weighted by Gasteiger charge is -2.03. The van der Waals surface area contributed by atoms with Crippen molar-refractivity contribution >= 4 is 23.9 Å². The molecule has 0 atom stereocenters. The largest absolute Gasteiger partial charge is 0.483 e. The fraction of sp³-hybridized carbons (Fsp3) is 0.188. The number of furan rings is 1. The maximum Gasteiger partial charge on any atom is 0.240 e. The maximum atomic E-state index is 11.0. The van der Waals surface area contributed by atoms with E-state index >= 15 is 0 Å². The van der Waals surface area contributed by atoms with Crippen molar-refractivity contribution in [2.24, 2.45) is 4.99 Å². The van der Waals surface area contributed by atoms with E-state index in [0.29, 0.717) is 23.4 Å². The molecule has 112 valence electrons. The van der Waals surface area contributed by atoms with Crippen molar-refractivity contribution in [2.45, 2.75) is 13.8 Å². The molecule has 2 aromatic rings. The van der Waals surface area contributed by atoms with Crippen LogP contribution in [0.3, 0.4) is 0 Å². The third kappa shape index (κ3) is 3.52. The molecule has 0 unspecified atom stereocenters. The number of aliphatic imine (C=N–C) groups is 1. The number of nitrogens with zero attached hydrogens (tertiary/aromatic N) is 2. The number of nitriles is 1. The van der Waals surface area contributed by atoms with Crippen LogP contribution in [-0.2, 0) is 9.53 Å². The predicted octanol–water partition coefficient (Wildman–Crippen LogP) is 3.47. The minimum atomic E-state index is -0.138. The van der Waals surface area contributed by atoms with Gasteiger partial charge in [-0.15, -0.1) is 0 Å². The molecule has 1 heterocycles. The number of rotatable bonds is 5. The molecule has 0 radical (unpaired) electrons. The molecule has 2 rings (SSSR count). The summed E-state index contributed by atoms with van der Waals surface area (Å²) < 4.78 is 10.3. The highest BCUT2D eigenvalue weighted by Gasteiger charge is 2.14. The summed E-state index contributed by atoms with van der Waals surface area (Å²) in [4.78, 5) is 15.0. The second-order valence-corrected chi connectivity index (χ2v) is 4.39. The lowest BCUT2D eigenvalue weighted by molar-refractivity contribution is -0.114. The number of hydrogen-bond acceptors (Lipinski definition) is 5. The van der Waals surface area contributed by atoms with Crippen LogP contribution >= 0.6 is 0 Å². The van der Waals surface area contributed by atoms with Crippen LogP contribution < -0.4 is 5.32 Å². The van der Waals surface area contributed by atoms with Gasteiger partial charge in [0.15, 0.2) is 6.40 Å². The summed E-state index contributed by atoms with van der Waals surface area (Å²) in [5.74, 6) is 0.0678. The molecule has 1 aromatic heterocycles. The Morgan fingerprint density at radius 1 is 1.45 bits per heavy atom. The Morgan fingerprint density at radius 2 is 2.18 bits per heavy atom. The van der Waals surface area contributed by atoms with E-state index < -0.39 is 0 Å². The number of carbonyl (C=O) groups excluding carboxylic acids is 1. The summed E-state index contributed by atoms with van der Waals surface area (Å²) in [5, 5.41) is 12.0. The molecule has 1 amide bonds. The highest BCUT2D eigenvalue weighted by atomic mass is 16.5. The molecule has 0 aliphatic heterocycles. The highest BCUT2D eigenvalue weighted by Crippen LogP contribution is 2.33. The Labute approximate surface area is 128 Å². The SMILES string of the molecule is CCOC=Nc1occ(-c2ccc(NC(C)=O)cc2)c1C#N. The number of hydrogen-bond donors (Lipinski definition) is 1. The van der Waals surface area contributed by atoms with Gasteiger partial charge in [0.2, 0.25) is 11.8 Å². The number of carbonyl (C=O) groups is 1. The van der Waals surface area contributed by atoms with E-state index in [1.54, 1.807) is 24.3 Å². The standard InChI is InChI=1S/C16H15N3O3/c1-3-21-10-18-16-14(8-17)15(9-22-16)12-4-6-13(7-5-12)19-11(2)20/h4-7,9-10H,3H2,1-2H3,(H,19,20). The van der Waals surface area contributed by atoms with Crippen LogP contribution in [0, 0.1) is 11.3 Å². The zero-order valence-electron chi connectivity index (χ0n) is 12.3. The Bertz CT molecular complexity index is 724. The van der Waals surface area contributed by atoms with Crippen LogP contribution in [0.25, 0.3) is 11.1 Å². The first-order chi connectivity index (χ1) is 10.7. The maximum absolute atomic E-state index is 11.0. The third-order valence-electron chi connectivity index (χ3n) is 2.81. The Kier molecular flexibility index (Phi) is 4.94. The fourth-order valence-electron chi connectivity index (χ4n) is 1.86. The summed E-state index contributed by atoms with van der Waals surface area (Å²) in [6.45, 7) is 3.77. The van der Waals surface area contributed by atoms with E-state index in [0.717, 1.165) is 5.56 Å². The van der Waals surface area contributed by atoms with Crippen LogP contribution in [0.15, 0.2) is 39.9 Å². The minimum Gasteiger partial charge on any atom is -0.483 e. The van der Waals surface area contributed by atoms with Crippen molar-refractivity contribution in [3.05, 3.63) is 36.1 Å². The van der Waals surface area contributed by atoms with Crippen molar-refractivity contribution in [1.82, 2.24) is 0 Å². The van der Waals surface area contributed by atoms with E-state index in [-0.39, 0.29) is 11.8 Å². The summed E-state index contributed by atoms with van der Waals surface area (Å²) in [6.07, 6.45) is 2.73. The topological polar surface area (TPSA) is 87.6 Å². The van der Waals surface area contributed by atoms with Gasteiger partial charge in [0.05, 0.1) is 6.61 Å². The first-order valence-corrected chi connectivity index (χ1v) is 6.69. The molecule has 0 fully saturated rings. The van der Waals surface area contributed by atoms with E-state index in [4.69, 9.17) is 9.15 Å². The van der Waals surface area contributed by atoms with Crippen molar-refractivity contribution in [3.8, 4) is 17.2 Å². The average Bonchev–Trinajstić information content (AvgIpc) is 2.90. The molecule has 1 aromatic carbocycles. The minimum absolute atomic E-state index is 0.138. The van der Waals surface area contributed by atoms with Gasteiger partial charge in [-0.25, -0.2) is 0 Å². The van der Waals surface area contributed by atoms with Crippen LogP contribution in [0.1, 0.15) is 19.4 Å². The summed E-state index contributed by atoms with van der Waals surface area (Å²) in [7, 11) is 0. The molecule has 0 bridgehead atoms. The molecular weight excluding hydrogens is 282 g/mol. The van der Waals surface area contributed by atoms with Crippen LogP contribution in [0.5, 0.6) is 0 Å². The lowest BCUT2D eigenvalue weighted by Crippen LogP contribution is -2.05. The Hall–Kier alpha value is -3.07. The van der Waals surface area contributed by atoms with Crippen LogP contribution in [0.2, 0.25) is 0 Å². The molecule has 0 saturated heterocycles. The van der Waals surface area contributed by atoms with Crippen LogP contribution in [-0.4, -0.2) is 18.9 Å². The van der Waals surface area contributed by atoms with Gasteiger partial charge in [0.1, 0.15) is 17.9 Å². The predicted molar refractivity (Wildman–Crippen MR) is 82.9 cm³/mol. The summed E-state index contributed by atoms with van der Waals surface area (Å²) >= 11 is 0. The fourth-order valence-corrected chi connectivity index (χ4v) is 1.86. The highest BCUT2D eigenvalue weighted by molar-refractivity contribution is 5.89. The molecular formula is C16H15N3O3. The molecule has 0 aliphatic rings. The molecule has 1 N–H and O–H groups in total. The molecule has 0 spiro atoms. The number of amides is 1. The van der Waals surface area contributed by atoms with Gasteiger partial charge >= 0.3 is 0 Å². The average molecular weight is 297 g/mol. The molecule has 0 saturated carbocycles. The van der Waals surface area contributed by atoms with Gasteiger partial charge < -0.3 is 14.5 Å². The molecule has 6 heteroatoms. The summed E-state index contributed by atoms with van der Waals surface area (Å²) in [5.41, 5.74) is 2.46. The van der Waals surface area contributed by atoms with E-state index in [9.17, 15) is 10.1 Å². The number of benzene rings is 1.